The lowest BCUT2D eigenvalue weighted by Crippen LogP contribution is -2.04. The minimum atomic E-state index is -0.340. The third-order valence-electron chi connectivity index (χ3n) is 1.72. The highest BCUT2D eigenvalue weighted by Crippen LogP contribution is 2.07. The number of carbonyl (C=O) groups excluding carboxylic acids is 1. The number of carbonyl (C=O) groups is 1. The third-order valence-corrected chi connectivity index (χ3v) is 1.72. The van der Waals surface area contributed by atoms with Gasteiger partial charge in [-0.2, -0.15) is 5.26 Å². The highest BCUT2D eigenvalue weighted by Gasteiger charge is 2.05. The summed E-state index contributed by atoms with van der Waals surface area (Å²) in [7, 11) is 0. The molecule has 0 saturated heterocycles. The normalized spacial score (nSPS) is 9.14. The van der Waals surface area contributed by atoms with Crippen molar-refractivity contribution in [2.24, 2.45) is 0 Å². The van der Waals surface area contributed by atoms with E-state index in [0.29, 0.717) is 18.6 Å². The van der Waals surface area contributed by atoms with E-state index in [9.17, 15) is 4.79 Å². The Morgan fingerprint density at radius 2 is 2.36 bits per heavy atom. The van der Waals surface area contributed by atoms with Crippen molar-refractivity contribution in [3.8, 4) is 6.07 Å². The van der Waals surface area contributed by atoms with Crippen LogP contribution in [0.4, 0.5) is 0 Å². The third kappa shape index (κ3) is 2.60. The van der Waals surface area contributed by atoms with E-state index >= 15 is 0 Å². The summed E-state index contributed by atoms with van der Waals surface area (Å²) in [4.78, 5) is 11.3. The van der Waals surface area contributed by atoms with Gasteiger partial charge in [0.15, 0.2) is 0 Å². The number of nitrogens with zero attached hydrogens (tertiary/aromatic N) is 1. The molecule has 3 heteroatoms. The maximum absolute atomic E-state index is 11.3. The average molecular weight is 189 g/mol. The number of benzene rings is 1. The summed E-state index contributed by atoms with van der Waals surface area (Å²) in [6, 6.07) is 8.95. The van der Waals surface area contributed by atoms with Crippen molar-refractivity contribution >= 4 is 5.97 Å². The summed E-state index contributed by atoms with van der Waals surface area (Å²) in [6.07, 6.45) is 0.313. The monoisotopic (exact) mass is 189 g/mol. The Labute approximate surface area is 82.9 Å². The zero-order valence-electron chi connectivity index (χ0n) is 7.99. The Bertz CT molecular complexity index is 366. The summed E-state index contributed by atoms with van der Waals surface area (Å²) in [5.41, 5.74) is 1.33. The largest absolute Gasteiger partial charge is 0.462 e. The SMILES string of the molecule is CCOC(=O)c1cccc(CC#N)c1. The second-order valence-electron chi connectivity index (χ2n) is 2.76. The topological polar surface area (TPSA) is 50.1 Å². The van der Waals surface area contributed by atoms with Crippen LogP contribution in [0.2, 0.25) is 0 Å². The number of hydrogen-bond donors (Lipinski definition) is 0. The van der Waals surface area contributed by atoms with E-state index in [0.717, 1.165) is 5.56 Å². The van der Waals surface area contributed by atoms with Crippen LogP contribution in [-0.2, 0) is 11.2 Å². The number of ether oxygens (including phenoxy) is 1. The van der Waals surface area contributed by atoms with Gasteiger partial charge in [-0.1, -0.05) is 12.1 Å². The lowest BCUT2D eigenvalue weighted by Gasteiger charge is -2.02. The summed E-state index contributed by atoms with van der Waals surface area (Å²) in [5.74, 6) is -0.340. The van der Waals surface area contributed by atoms with Gasteiger partial charge in [0, 0.05) is 0 Å². The molecule has 14 heavy (non-hydrogen) atoms. The fourth-order valence-electron chi connectivity index (χ4n) is 1.11. The van der Waals surface area contributed by atoms with E-state index in [1.165, 1.54) is 0 Å². The van der Waals surface area contributed by atoms with Gasteiger partial charge in [0.05, 0.1) is 24.7 Å². The molecule has 0 bridgehead atoms. The van der Waals surface area contributed by atoms with Crippen molar-refractivity contribution in [3.05, 3.63) is 35.4 Å². The number of nitriles is 1. The fourth-order valence-corrected chi connectivity index (χ4v) is 1.11. The fraction of sp³-hybridized carbons (Fsp3) is 0.273. The first kappa shape index (κ1) is 10.3. The van der Waals surface area contributed by atoms with Crippen LogP contribution in [0.25, 0.3) is 0 Å². The van der Waals surface area contributed by atoms with Gasteiger partial charge in [-0.05, 0) is 24.6 Å². The lowest BCUT2D eigenvalue weighted by atomic mass is 10.1. The van der Waals surface area contributed by atoms with Crippen LogP contribution >= 0.6 is 0 Å². The molecular formula is C11H11NO2. The average Bonchev–Trinajstić information content (AvgIpc) is 2.19. The lowest BCUT2D eigenvalue weighted by molar-refractivity contribution is 0.0526. The molecule has 0 heterocycles. The molecule has 0 aliphatic carbocycles. The molecule has 3 nitrogen and oxygen atoms in total. The van der Waals surface area contributed by atoms with Gasteiger partial charge >= 0.3 is 5.97 Å². The molecule has 0 aromatic heterocycles. The van der Waals surface area contributed by atoms with E-state index in [4.69, 9.17) is 10.00 Å². The molecule has 0 atom stereocenters. The Hall–Kier alpha value is -1.82. The summed E-state index contributed by atoms with van der Waals surface area (Å²) in [6.45, 7) is 2.12. The van der Waals surface area contributed by atoms with Crippen molar-refractivity contribution in [2.75, 3.05) is 6.61 Å². The van der Waals surface area contributed by atoms with Gasteiger partial charge in [-0.25, -0.2) is 4.79 Å². The predicted octanol–water partition coefficient (Wildman–Crippen LogP) is 1.93. The Balaban J connectivity index is 2.83. The van der Waals surface area contributed by atoms with E-state index < -0.39 is 0 Å². The predicted molar refractivity (Wildman–Crippen MR) is 51.7 cm³/mol. The molecule has 0 aliphatic heterocycles. The molecule has 0 N–H and O–H groups in total. The molecule has 1 rings (SSSR count). The van der Waals surface area contributed by atoms with Gasteiger partial charge < -0.3 is 4.74 Å². The number of rotatable bonds is 3. The molecular weight excluding hydrogens is 178 g/mol. The van der Waals surface area contributed by atoms with Crippen molar-refractivity contribution in [3.63, 3.8) is 0 Å². The van der Waals surface area contributed by atoms with Crippen molar-refractivity contribution in [2.45, 2.75) is 13.3 Å². The molecule has 1 aromatic rings. The summed E-state index contributed by atoms with van der Waals surface area (Å²) in [5, 5.41) is 8.49. The smallest absolute Gasteiger partial charge is 0.338 e. The molecule has 0 saturated carbocycles. The maximum atomic E-state index is 11.3. The summed E-state index contributed by atoms with van der Waals surface area (Å²) >= 11 is 0. The van der Waals surface area contributed by atoms with Gasteiger partial charge in [-0.3, -0.25) is 0 Å². The first-order chi connectivity index (χ1) is 6.77. The van der Waals surface area contributed by atoms with Crippen molar-refractivity contribution in [1.82, 2.24) is 0 Å². The van der Waals surface area contributed by atoms with Crippen LogP contribution in [0, 0.1) is 11.3 Å². The molecule has 0 unspecified atom stereocenters. The first-order valence-electron chi connectivity index (χ1n) is 4.41. The molecule has 0 aliphatic rings. The highest BCUT2D eigenvalue weighted by atomic mass is 16.5. The minimum Gasteiger partial charge on any atom is -0.462 e. The van der Waals surface area contributed by atoms with Crippen LogP contribution in [0.1, 0.15) is 22.8 Å². The highest BCUT2D eigenvalue weighted by molar-refractivity contribution is 5.89. The summed E-state index contributed by atoms with van der Waals surface area (Å²) < 4.78 is 4.84. The molecule has 0 radical (unpaired) electrons. The van der Waals surface area contributed by atoms with Crippen LogP contribution < -0.4 is 0 Å². The van der Waals surface area contributed by atoms with E-state index in [1.54, 1.807) is 25.1 Å². The van der Waals surface area contributed by atoms with Crippen LogP contribution in [0.5, 0.6) is 0 Å². The van der Waals surface area contributed by atoms with Gasteiger partial charge in [0.1, 0.15) is 0 Å². The molecule has 1 aromatic carbocycles. The number of esters is 1. The Morgan fingerprint density at radius 3 is 3.00 bits per heavy atom. The van der Waals surface area contributed by atoms with E-state index in [2.05, 4.69) is 0 Å². The van der Waals surface area contributed by atoms with Gasteiger partial charge in [-0.15, -0.1) is 0 Å². The van der Waals surface area contributed by atoms with Crippen LogP contribution in [-0.4, -0.2) is 12.6 Å². The zero-order chi connectivity index (χ0) is 10.4. The molecule has 0 spiro atoms. The minimum absolute atomic E-state index is 0.313. The van der Waals surface area contributed by atoms with Crippen LogP contribution in [0.15, 0.2) is 24.3 Å². The zero-order valence-corrected chi connectivity index (χ0v) is 7.99. The molecule has 72 valence electrons. The molecule has 0 amide bonds. The standard InChI is InChI=1S/C11H11NO2/c1-2-14-11(13)10-5-3-4-9(8-10)6-7-12/h3-5,8H,2,6H2,1H3. The Kier molecular flexibility index (Phi) is 3.69. The van der Waals surface area contributed by atoms with Crippen LogP contribution in [0.3, 0.4) is 0 Å². The quantitative estimate of drug-likeness (QED) is 0.682. The molecule has 0 fully saturated rings. The first-order valence-corrected chi connectivity index (χ1v) is 4.41. The van der Waals surface area contributed by atoms with Crippen molar-refractivity contribution < 1.29 is 9.53 Å². The second kappa shape index (κ2) is 5.03. The van der Waals surface area contributed by atoms with Gasteiger partial charge in [0.25, 0.3) is 0 Å². The van der Waals surface area contributed by atoms with Gasteiger partial charge in [0.2, 0.25) is 0 Å². The Morgan fingerprint density at radius 1 is 1.57 bits per heavy atom. The van der Waals surface area contributed by atoms with Crippen molar-refractivity contribution in [1.29, 1.82) is 5.26 Å². The maximum Gasteiger partial charge on any atom is 0.338 e. The second-order valence-corrected chi connectivity index (χ2v) is 2.76. The van der Waals surface area contributed by atoms with E-state index in [-0.39, 0.29) is 5.97 Å². The van der Waals surface area contributed by atoms with E-state index in [1.807, 2.05) is 12.1 Å². The number of hydrogen-bond acceptors (Lipinski definition) is 3.